The third-order valence-electron chi connectivity index (χ3n) is 4.05. The zero-order chi connectivity index (χ0) is 18.0. The van der Waals surface area contributed by atoms with E-state index in [9.17, 15) is 9.59 Å². The molecule has 25 heavy (non-hydrogen) atoms. The molecule has 0 saturated carbocycles. The number of nitrogens with two attached hydrogens (primary N) is 1. The monoisotopic (exact) mass is 355 g/mol. The molecule has 0 spiro atoms. The molecule has 1 atom stereocenters. The molecule has 0 unspecified atom stereocenters. The maximum absolute atomic E-state index is 12.4. The first-order valence-electron chi connectivity index (χ1n) is 7.67. The molecule has 0 bridgehead atoms. The minimum absolute atomic E-state index is 0.0674. The number of hydrogen-bond acceptors (Lipinski definition) is 4. The molecule has 1 amide bonds. The molecule has 1 heterocycles. The van der Waals surface area contributed by atoms with Gasteiger partial charge in [-0.05, 0) is 36.5 Å². The van der Waals surface area contributed by atoms with E-state index in [-0.39, 0.29) is 10.9 Å². The lowest BCUT2D eigenvalue weighted by atomic mass is 10.0. The van der Waals surface area contributed by atoms with Gasteiger partial charge >= 0.3 is 6.09 Å². The first-order valence-corrected chi connectivity index (χ1v) is 8.08. The highest BCUT2D eigenvalue weighted by Gasteiger charge is 2.35. The Balaban J connectivity index is 1.76. The van der Waals surface area contributed by atoms with Crippen molar-refractivity contribution in [2.24, 2.45) is 5.73 Å². The zero-order valence-electron chi connectivity index (χ0n) is 13.6. The van der Waals surface area contributed by atoms with Crippen molar-refractivity contribution in [3.8, 4) is 0 Å². The van der Waals surface area contributed by atoms with Crippen LogP contribution in [0.25, 0.3) is 0 Å². The van der Waals surface area contributed by atoms with Crippen LogP contribution < -0.4 is 10.6 Å². The SMILES string of the molecule is CN(C(N)=S)[C@@H]1CN(c2ccc(C(=O)c3ccccc3)cc2)C(=O)O1. The number of carbonyl (C=O) groups is 2. The highest BCUT2D eigenvalue weighted by atomic mass is 32.1. The first-order chi connectivity index (χ1) is 12.0. The van der Waals surface area contributed by atoms with Gasteiger partial charge in [0.25, 0.3) is 0 Å². The minimum Gasteiger partial charge on any atom is -0.423 e. The van der Waals surface area contributed by atoms with Gasteiger partial charge in [-0.1, -0.05) is 30.3 Å². The Morgan fingerprint density at radius 2 is 1.76 bits per heavy atom. The summed E-state index contributed by atoms with van der Waals surface area (Å²) in [5.41, 5.74) is 7.38. The van der Waals surface area contributed by atoms with E-state index >= 15 is 0 Å². The molecule has 0 aliphatic carbocycles. The molecule has 2 N–H and O–H groups in total. The van der Waals surface area contributed by atoms with Crippen LogP contribution >= 0.6 is 12.2 Å². The Hall–Kier alpha value is -2.93. The number of benzene rings is 2. The lowest BCUT2D eigenvalue weighted by molar-refractivity contribution is 0.0790. The third kappa shape index (κ3) is 3.46. The second kappa shape index (κ2) is 6.90. The van der Waals surface area contributed by atoms with Crippen LogP contribution in [0, 0.1) is 0 Å². The molecular formula is C18H17N3O3S. The van der Waals surface area contributed by atoms with E-state index in [1.165, 1.54) is 9.80 Å². The molecule has 0 radical (unpaired) electrons. The minimum atomic E-state index is -0.532. The molecule has 2 aromatic rings. The lowest BCUT2D eigenvalue weighted by Gasteiger charge is -2.22. The predicted molar refractivity (Wildman–Crippen MR) is 98.5 cm³/mol. The molecule has 1 fully saturated rings. The molecule has 6 nitrogen and oxygen atoms in total. The van der Waals surface area contributed by atoms with Gasteiger partial charge in [-0.2, -0.15) is 0 Å². The summed E-state index contributed by atoms with van der Waals surface area (Å²) in [6.07, 6.45) is -1.01. The Morgan fingerprint density at radius 1 is 1.16 bits per heavy atom. The standard InChI is InChI=1S/C18H17N3O3S/c1-20(17(19)25)15-11-21(18(23)24-15)14-9-7-13(8-10-14)16(22)12-5-3-2-4-6-12/h2-10,15H,11H2,1H3,(H2,19,25)/t15-/m0/s1. The van der Waals surface area contributed by atoms with Gasteiger partial charge in [0.2, 0.25) is 0 Å². The Kier molecular flexibility index (Phi) is 4.67. The van der Waals surface area contributed by atoms with E-state index in [0.29, 0.717) is 23.4 Å². The maximum Gasteiger partial charge on any atom is 0.416 e. The smallest absolute Gasteiger partial charge is 0.416 e. The summed E-state index contributed by atoms with van der Waals surface area (Å²) in [4.78, 5) is 27.5. The number of carbonyl (C=O) groups excluding carboxylic acids is 2. The Labute approximate surface area is 150 Å². The summed E-state index contributed by atoms with van der Waals surface area (Å²) in [7, 11) is 1.67. The normalized spacial score (nSPS) is 16.4. The van der Waals surface area contributed by atoms with Crippen molar-refractivity contribution in [1.29, 1.82) is 0 Å². The van der Waals surface area contributed by atoms with Crippen molar-refractivity contribution < 1.29 is 14.3 Å². The van der Waals surface area contributed by atoms with Gasteiger partial charge in [-0.15, -0.1) is 0 Å². The number of ether oxygens (including phenoxy) is 1. The van der Waals surface area contributed by atoms with Crippen LogP contribution in [0.4, 0.5) is 10.5 Å². The van der Waals surface area contributed by atoms with Crippen molar-refractivity contribution in [1.82, 2.24) is 4.90 Å². The van der Waals surface area contributed by atoms with E-state index in [4.69, 9.17) is 22.7 Å². The van der Waals surface area contributed by atoms with Crippen LogP contribution in [0.1, 0.15) is 15.9 Å². The van der Waals surface area contributed by atoms with E-state index in [0.717, 1.165) is 0 Å². The maximum atomic E-state index is 12.4. The Morgan fingerprint density at radius 3 is 2.36 bits per heavy atom. The van der Waals surface area contributed by atoms with Crippen LogP contribution in [-0.2, 0) is 4.74 Å². The first kappa shape index (κ1) is 16.9. The molecule has 3 rings (SSSR count). The molecule has 1 aliphatic rings. The summed E-state index contributed by atoms with van der Waals surface area (Å²) in [5.74, 6) is -0.0674. The predicted octanol–water partition coefficient (Wildman–Crippen LogP) is 2.38. The summed E-state index contributed by atoms with van der Waals surface area (Å²) in [6.45, 7) is 0.304. The second-order valence-corrected chi connectivity index (χ2v) is 6.06. The molecule has 128 valence electrons. The van der Waals surface area contributed by atoms with Gasteiger partial charge in [0.05, 0.1) is 6.54 Å². The quantitative estimate of drug-likeness (QED) is 0.670. The highest BCUT2D eigenvalue weighted by molar-refractivity contribution is 7.80. The lowest BCUT2D eigenvalue weighted by Crippen LogP contribution is -2.42. The summed E-state index contributed by atoms with van der Waals surface area (Å²) in [5, 5.41) is 0.156. The number of amides is 1. The number of thiocarbonyl (C=S) groups is 1. The second-order valence-electron chi connectivity index (χ2n) is 5.64. The number of likely N-dealkylation sites (N-methyl/N-ethyl adjacent to an activating group) is 1. The van der Waals surface area contributed by atoms with Crippen molar-refractivity contribution in [2.45, 2.75) is 6.23 Å². The van der Waals surface area contributed by atoms with Crippen molar-refractivity contribution in [3.63, 3.8) is 0 Å². The van der Waals surface area contributed by atoms with Gasteiger partial charge in [-0.3, -0.25) is 9.69 Å². The van der Waals surface area contributed by atoms with E-state index in [1.54, 1.807) is 43.4 Å². The van der Waals surface area contributed by atoms with Crippen molar-refractivity contribution in [2.75, 3.05) is 18.5 Å². The van der Waals surface area contributed by atoms with Gasteiger partial charge in [0.1, 0.15) is 0 Å². The Bertz CT molecular complexity index is 808. The van der Waals surface area contributed by atoms with Crippen LogP contribution in [0.15, 0.2) is 54.6 Å². The topological polar surface area (TPSA) is 75.9 Å². The van der Waals surface area contributed by atoms with Crippen LogP contribution in [0.2, 0.25) is 0 Å². The van der Waals surface area contributed by atoms with E-state index in [1.807, 2.05) is 18.2 Å². The fourth-order valence-corrected chi connectivity index (χ4v) is 2.67. The van der Waals surface area contributed by atoms with E-state index in [2.05, 4.69) is 0 Å². The average Bonchev–Trinajstić information content (AvgIpc) is 3.03. The average molecular weight is 355 g/mol. The van der Waals surface area contributed by atoms with Crippen LogP contribution in [0.3, 0.4) is 0 Å². The number of rotatable bonds is 4. The zero-order valence-corrected chi connectivity index (χ0v) is 14.4. The third-order valence-corrected chi connectivity index (χ3v) is 4.34. The molecular weight excluding hydrogens is 338 g/mol. The summed E-state index contributed by atoms with van der Waals surface area (Å²) in [6, 6.07) is 15.9. The van der Waals surface area contributed by atoms with Crippen LogP contribution in [0.5, 0.6) is 0 Å². The van der Waals surface area contributed by atoms with Gasteiger partial charge in [0, 0.05) is 23.9 Å². The summed E-state index contributed by atoms with van der Waals surface area (Å²) < 4.78 is 5.28. The van der Waals surface area contributed by atoms with E-state index < -0.39 is 12.3 Å². The molecule has 1 saturated heterocycles. The molecule has 0 aromatic heterocycles. The molecule has 7 heteroatoms. The number of cyclic esters (lactones) is 1. The highest BCUT2D eigenvalue weighted by Crippen LogP contribution is 2.24. The summed E-state index contributed by atoms with van der Waals surface area (Å²) >= 11 is 4.90. The van der Waals surface area contributed by atoms with Crippen LogP contribution in [-0.4, -0.2) is 41.7 Å². The van der Waals surface area contributed by atoms with Crippen molar-refractivity contribution in [3.05, 3.63) is 65.7 Å². The largest absolute Gasteiger partial charge is 0.423 e. The number of ketones is 1. The number of anilines is 1. The number of hydrogen-bond donors (Lipinski definition) is 1. The van der Waals surface area contributed by atoms with Gasteiger partial charge in [-0.25, -0.2) is 4.79 Å². The fraction of sp³-hybridized carbons (Fsp3) is 0.167. The van der Waals surface area contributed by atoms with Crippen molar-refractivity contribution >= 4 is 34.9 Å². The molecule has 1 aliphatic heterocycles. The number of nitrogens with zero attached hydrogens (tertiary/aromatic N) is 2. The fourth-order valence-electron chi connectivity index (χ4n) is 2.55. The van der Waals surface area contributed by atoms with Gasteiger partial charge in [0.15, 0.2) is 17.1 Å². The molecule has 2 aromatic carbocycles. The van der Waals surface area contributed by atoms with Gasteiger partial charge < -0.3 is 15.4 Å².